The van der Waals surface area contributed by atoms with E-state index >= 15 is 0 Å². The molecule has 1 amide bonds. The van der Waals surface area contributed by atoms with Gasteiger partial charge in [0.15, 0.2) is 5.76 Å². The monoisotopic (exact) mass is 343 g/mol. The predicted molar refractivity (Wildman–Crippen MR) is 85.4 cm³/mol. The maximum Gasteiger partial charge on any atom is 0.248 e. The molecule has 0 radical (unpaired) electrons. The average Bonchev–Trinajstić information content (AvgIpc) is 2.78. The Labute approximate surface area is 137 Å². The highest BCUT2D eigenvalue weighted by Gasteiger charge is 2.34. The number of carbonyl (C=O) groups is 1. The SMILES string of the molecule is Cc1noc(C)c1S(=O)(=O)N(C)CC(=O)N1C(C)CCCC1C. The molecule has 1 saturated heterocycles. The highest BCUT2D eigenvalue weighted by molar-refractivity contribution is 7.89. The zero-order valence-electron chi connectivity index (χ0n) is 14.4. The summed E-state index contributed by atoms with van der Waals surface area (Å²) in [4.78, 5) is 14.5. The van der Waals surface area contributed by atoms with Crippen LogP contribution in [0.5, 0.6) is 0 Å². The number of likely N-dealkylation sites (N-methyl/N-ethyl adjacent to an activating group) is 1. The van der Waals surface area contributed by atoms with Crippen molar-refractivity contribution < 1.29 is 17.7 Å². The van der Waals surface area contributed by atoms with E-state index in [-0.39, 0.29) is 35.2 Å². The van der Waals surface area contributed by atoms with Gasteiger partial charge in [-0.1, -0.05) is 5.16 Å². The van der Waals surface area contributed by atoms with Crippen LogP contribution in [0.2, 0.25) is 0 Å². The number of piperidine rings is 1. The molecule has 2 heterocycles. The lowest BCUT2D eigenvalue weighted by molar-refractivity contribution is -0.137. The van der Waals surface area contributed by atoms with Gasteiger partial charge in [-0.25, -0.2) is 8.42 Å². The third-order valence-electron chi connectivity index (χ3n) is 4.48. The second-order valence-corrected chi connectivity index (χ2v) is 8.33. The summed E-state index contributed by atoms with van der Waals surface area (Å²) in [7, 11) is -2.38. The van der Waals surface area contributed by atoms with Gasteiger partial charge in [-0.15, -0.1) is 0 Å². The van der Waals surface area contributed by atoms with E-state index < -0.39 is 10.0 Å². The van der Waals surface area contributed by atoms with Crippen molar-refractivity contribution >= 4 is 15.9 Å². The van der Waals surface area contributed by atoms with Crippen LogP contribution in [0.15, 0.2) is 9.42 Å². The van der Waals surface area contributed by atoms with Crippen LogP contribution in [0.3, 0.4) is 0 Å². The Kier molecular flexibility index (Phi) is 5.15. The van der Waals surface area contributed by atoms with Gasteiger partial charge in [-0.3, -0.25) is 4.79 Å². The van der Waals surface area contributed by atoms with E-state index in [9.17, 15) is 13.2 Å². The number of hydrogen-bond acceptors (Lipinski definition) is 5. The molecular formula is C15H25N3O4S. The molecule has 0 bridgehead atoms. The normalized spacial score (nSPS) is 22.6. The molecule has 130 valence electrons. The lowest BCUT2D eigenvalue weighted by atomic mass is 9.97. The van der Waals surface area contributed by atoms with Gasteiger partial charge in [0, 0.05) is 19.1 Å². The minimum Gasteiger partial charge on any atom is -0.360 e. The number of rotatable bonds is 4. The molecule has 2 rings (SSSR count). The van der Waals surface area contributed by atoms with Gasteiger partial charge in [0.05, 0.1) is 6.54 Å². The van der Waals surface area contributed by atoms with E-state index in [2.05, 4.69) is 5.16 Å². The fourth-order valence-corrected chi connectivity index (χ4v) is 4.67. The van der Waals surface area contributed by atoms with E-state index in [1.807, 2.05) is 18.7 Å². The predicted octanol–water partition coefficient (Wildman–Crippen LogP) is 1.70. The van der Waals surface area contributed by atoms with E-state index in [1.165, 1.54) is 7.05 Å². The molecule has 0 N–H and O–H groups in total. The summed E-state index contributed by atoms with van der Waals surface area (Å²) in [6.07, 6.45) is 3.01. The summed E-state index contributed by atoms with van der Waals surface area (Å²) in [6, 6.07) is 0.280. The van der Waals surface area contributed by atoms with E-state index in [4.69, 9.17) is 4.52 Å². The Morgan fingerprint density at radius 2 is 1.87 bits per heavy atom. The van der Waals surface area contributed by atoms with Gasteiger partial charge < -0.3 is 9.42 Å². The minimum atomic E-state index is -3.80. The summed E-state index contributed by atoms with van der Waals surface area (Å²) in [5, 5.41) is 3.68. The first kappa shape index (κ1) is 17.9. The molecule has 0 aromatic carbocycles. The molecule has 0 spiro atoms. The van der Waals surface area contributed by atoms with Crippen LogP contribution in [-0.4, -0.2) is 54.4 Å². The quantitative estimate of drug-likeness (QED) is 0.831. The first-order chi connectivity index (χ1) is 10.7. The van der Waals surface area contributed by atoms with Crippen LogP contribution in [0.1, 0.15) is 44.6 Å². The fourth-order valence-electron chi connectivity index (χ4n) is 3.27. The molecule has 1 fully saturated rings. The standard InChI is InChI=1S/C15H25N3O4S/c1-10-7-6-8-11(2)18(10)14(19)9-17(5)23(20,21)15-12(3)16-22-13(15)4/h10-11H,6-9H2,1-5H3. The van der Waals surface area contributed by atoms with Crippen LogP contribution >= 0.6 is 0 Å². The Morgan fingerprint density at radius 3 is 2.35 bits per heavy atom. The molecule has 1 aromatic rings. The molecule has 7 nitrogen and oxygen atoms in total. The highest BCUT2D eigenvalue weighted by Crippen LogP contribution is 2.25. The summed E-state index contributed by atoms with van der Waals surface area (Å²) in [5.41, 5.74) is 0.307. The molecule has 23 heavy (non-hydrogen) atoms. The highest BCUT2D eigenvalue weighted by atomic mass is 32.2. The largest absolute Gasteiger partial charge is 0.360 e. The topological polar surface area (TPSA) is 83.7 Å². The third-order valence-corrected chi connectivity index (χ3v) is 6.52. The second kappa shape index (κ2) is 6.60. The molecule has 0 aliphatic carbocycles. The number of amides is 1. The zero-order chi connectivity index (χ0) is 17.4. The smallest absolute Gasteiger partial charge is 0.248 e. The third kappa shape index (κ3) is 3.42. The molecule has 2 atom stereocenters. The Bertz CT molecular complexity index is 653. The molecule has 8 heteroatoms. The summed E-state index contributed by atoms with van der Waals surface area (Å²) < 4.78 is 31.4. The van der Waals surface area contributed by atoms with Crippen molar-refractivity contribution in [3.8, 4) is 0 Å². The number of likely N-dealkylation sites (tertiary alicyclic amines) is 1. The van der Waals surface area contributed by atoms with Gasteiger partial charge in [-0.2, -0.15) is 4.31 Å². The molecule has 1 aromatic heterocycles. The number of carbonyl (C=O) groups excluding carboxylic acids is 1. The van der Waals surface area contributed by atoms with Gasteiger partial charge in [-0.05, 0) is 47.0 Å². The minimum absolute atomic E-state index is 0.0486. The van der Waals surface area contributed by atoms with Gasteiger partial charge in [0.1, 0.15) is 10.6 Å². The number of nitrogens with zero attached hydrogens (tertiary/aromatic N) is 3. The number of aryl methyl sites for hydroxylation is 2. The lowest BCUT2D eigenvalue weighted by Crippen LogP contribution is -2.51. The first-order valence-electron chi connectivity index (χ1n) is 7.86. The van der Waals surface area contributed by atoms with Crippen LogP contribution < -0.4 is 0 Å². The van der Waals surface area contributed by atoms with Crippen molar-refractivity contribution in [1.82, 2.24) is 14.4 Å². The number of sulfonamides is 1. The van der Waals surface area contributed by atoms with Crippen molar-refractivity contribution in [1.29, 1.82) is 0 Å². The first-order valence-corrected chi connectivity index (χ1v) is 9.30. The molecule has 1 aliphatic heterocycles. The average molecular weight is 343 g/mol. The molecular weight excluding hydrogens is 318 g/mol. The summed E-state index contributed by atoms with van der Waals surface area (Å²) >= 11 is 0. The molecule has 1 aliphatic rings. The van der Waals surface area contributed by atoms with Gasteiger partial charge >= 0.3 is 0 Å². The summed E-state index contributed by atoms with van der Waals surface area (Å²) in [6.45, 7) is 6.97. The Balaban J connectivity index is 2.18. The Morgan fingerprint density at radius 1 is 1.30 bits per heavy atom. The van der Waals surface area contributed by atoms with Crippen LogP contribution in [0.25, 0.3) is 0 Å². The van der Waals surface area contributed by atoms with E-state index in [1.54, 1.807) is 13.8 Å². The van der Waals surface area contributed by atoms with Crippen LogP contribution in [0.4, 0.5) is 0 Å². The maximum absolute atomic E-state index is 12.7. The van der Waals surface area contributed by atoms with Crippen LogP contribution in [0, 0.1) is 13.8 Å². The molecule has 0 saturated carbocycles. The van der Waals surface area contributed by atoms with E-state index in [0.29, 0.717) is 5.69 Å². The fraction of sp³-hybridized carbons (Fsp3) is 0.733. The van der Waals surface area contributed by atoms with E-state index in [0.717, 1.165) is 23.6 Å². The zero-order valence-corrected chi connectivity index (χ0v) is 15.2. The van der Waals surface area contributed by atoms with Gasteiger partial charge in [0.2, 0.25) is 15.9 Å². The van der Waals surface area contributed by atoms with Crippen molar-refractivity contribution in [3.05, 3.63) is 11.5 Å². The van der Waals surface area contributed by atoms with Crippen molar-refractivity contribution in [2.24, 2.45) is 0 Å². The number of hydrogen-bond donors (Lipinski definition) is 0. The van der Waals surface area contributed by atoms with Crippen molar-refractivity contribution in [2.75, 3.05) is 13.6 Å². The van der Waals surface area contributed by atoms with Crippen LogP contribution in [-0.2, 0) is 14.8 Å². The van der Waals surface area contributed by atoms with Crippen molar-refractivity contribution in [2.45, 2.75) is 63.9 Å². The lowest BCUT2D eigenvalue weighted by Gasteiger charge is -2.39. The second-order valence-electron chi connectivity index (χ2n) is 6.34. The summed E-state index contributed by atoms with van der Waals surface area (Å²) in [5.74, 6) is 0.0732. The number of aromatic nitrogens is 1. The maximum atomic E-state index is 12.7. The van der Waals surface area contributed by atoms with Crippen molar-refractivity contribution in [3.63, 3.8) is 0 Å². The molecule has 2 unspecified atom stereocenters. The Hall–Kier alpha value is -1.41. The van der Waals surface area contributed by atoms with Gasteiger partial charge in [0.25, 0.3) is 0 Å².